The van der Waals surface area contributed by atoms with Crippen molar-refractivity contribution in [1.82, 2.24) is 20.2 Å². The lowest BCUT2D eigenvalue weighted by Crippen LogP contribution is -2.04. The third-order valence-corrected chi connectivity index (χ3v) is 4.46. The number of aryl methyl sites for hydroxylation is 1. The van der Waals surface area contributed by atoms with E-state index in [4.69, 9.17) is 0 Å². The smallest absolute Gasteiger partial charge is 0.209 e. The topological polar surface area (TPSA) is 43.6 Å². The van der Waals surface area contributed by atoms with E-state index < -0.39 is 0 Å². The van der Waals surface area contributed by atoms with E-state index in [1.807, 2.05) is 4.68 Å². The number of hydrogen-bond donors (Lipinski definition) is 0. The van der Waals surface area contributed by atoms with E-state index in [0.29, 0.717) is 11.3 Å². The van der Waals surface area contributed by atoms with Crippen molar-refractivity contribution in [1.29, 1.82) is 0 Å². The van der Waals surface area contributed by atoms with Crippen LogP contribution in [-0.4, -0.2) is 25.5 Å². The maximum Gasteiger partial charge on any atom is 0.209 e. The van der Waals surface area contributed by atoms with Crippen LogP contribution >= 0.6 is 11.8 Å². The van der Waals surface area contributed by atoms with Gasteiger partial charge >= 0.3 is 0 Å². The summed E-state index contributed by atoms with van der Waals surface area (Å²) in [4.78, 5) is 0. The lowest BCUT2D eigenvalue weighted by Gasteiger charge is -2.10. The maximum absolute atomic E-state index is 4.14. The fraction of sp³-hybridized carbons (Fsp3) is 0.500. The summed E-state index contributed by atoms with van der Waals surface area (Å²) in [5, 5.41) is 13.5. The Morgan fingerprint density at radius 2 is 2.11 bits per heavy atom. The molecule has 1 heterocycles. The minimum atomic E-state index is 0.531. The molecule has 100 valence electrons. The molecule has 4 nitrogen and oxygen atoms in total. The Balaban J connectivity index is 1.53. The zero-order valence-corrected chi connectivity index (χ0v) is 11.9. The van der Waals surface area contributed by atoms with E-state index in [2.05, 4.69) is 52.8 Å². The summed E-state index contributed by atoms with van der Waals surface area (Å²) in [6.45, 7) is 2.25. The summed E-state index contributed by atoms with van der Waals surface area (Å²) < 4.78 is 1.99. The van der Waals surface area contributed by atoms with Crippen molar-refractivity contribution in [2.24, 2.45) is 0 Å². The Hall–Kier alpha value is -1.36. The molecule has 1 aliphatic carbocycles. The normalized spacial score (nSPS) is 16.5. The number of nitrogens with zero attached hydrogens (tertiary/aromatic N) is 4. The highest BCUT2D eigenvalue weighted by Crippen LogP contribution is 2.37. The molecule has 2 aromatic rings. The standard InChI is InChI=1S/C14H18N4S/c1-11(7-8-12-5-3-2-4-6-12)19-14-15-16-17-18(14)13-9-10-13/h2-6,11,13H,7-10H2,1H3. The van der Waals surface area contributed by atoms with E-state index in [0.717, 1.165) is 18.0 Å². The van der Waals surface area contributed by atoms with Gasteiger partial charge in [0.05, 0.1) is 6.04 Å². The van der Waals surface area contributed by atoms with Gasteiger partial charge in [0.15, 0.2) is 0 Å². The molecule has 1 saturated carbocycles. The quantitative estimate of drug-likeness (QED) is 0.759. The molecule has 19 heavy (non-hydrogen) atoms. The van der Waals surface area contributed by atoms with Crippen molar-refractivity contribution in [3.05, 3.63) is 35.9 Å². The molecule has 0 saturated heterocycles. The fourth-order valence-corrected chi connectivity index (χ4v) is 3.04. The van der Waals surface area contributed by atoms with E-state index >= 15 is 0 Å². The second-order valence-corrected chi connectivity index (χ2v) is 6.50. The van der Waals surface area contributed by atoms with Crippen molar-refractivity contribution >= 4 is 11.8 Å². The highest BCUT2D eigenvalue weighted by atomic mass is 32.2. The van der Waals surface area contributed by atoms with Crippen molar-refractivity contribution in [3.63, 3.8) is 0 Å². The van der Waals surface area contributed by atoms with Gasteiger partial charge < -0.3 is 0 Å². The first-order valence-electron chi connectivity index (χ1n) is 6.81. The summed E-state index contributed by atoms with van der Waals surface area (Å²) in [6.07, 6.45) is 4.69. The summed E-state index contributed by atoms with van der Waals surface area (Å²) in [5.41, 5.74) is 1.40. The Labute approximate surface area is 117 Å². The van der Waals surface area contributed by atoms with Gasteiger partial charge in [0.1, 0.15) is 0 Å². The van der Waals surface area contributed by atoms with E-state index in [1.54, 1.807) is 11.8 Å². The summed E-state index contributed by atoms with van der Waals surface area (Å²) >= 11 is 1.79. The van der Waals surface area contributed by atoms with Gasteiger partial charge in [-0.2, -0.15) is 0 Å². The fourth-order valence-electron chi connectivity index (χ4n) is 2.06. The van der Waals surface area contributed by atoms with Crippen LogP contribution in [0.1, 0.15) is 37.8 Å². The first-order valence-corrected chi connectivity index (χ1v) is 7.69. The maximum atomic E-state index is 4.14. The summed E-state index contributed by atoms with van der Waals surface area (Å²) in [6, 6.07) is 11.2. The summed E-state index contributed by atoms with van der Waals surface area (Å²) in [7, 11) is 0. The molecule has 0 N–H and O–H groups in total. The average Bonchev–Trinajstić information content (AvgIpc) is 3.18. The second-order valence-electron chi connectivity index (χ2n) is 5.09. The number of rotatable bonds is 6. The lowest BCUT2D eigenvalue weighted by molar-refractivity contribution is 0.564. The van der Waals surface area contributed by atoms with Gasteiger partial charge in [-0.25, -0.2) is 4.68 Å². The van der Waals surface area contributed by atoms with Crippen LogP contribution in [0.15, 0.2) is 35.5 Å². The third-order valence-electron chi connectivity index (χ3n) is 3.34. The van der Waals surface area contributed by atoms with Gasteiger partial charge in [-0.1, -0.05) is 49.0 Å². The van der Waals surface area contributed by atoms with Gasteiger partial charge in [0.2, 0.25) is 5.16 Å². The molecular formula is C14H18N4S. The van der Waals surface area contributed by atoms with Crippen LogP contribution in [-0.2, 0) is 6.42 Å². The molecule has 1 aromatic heterocycles. The minimum Gasteiger partial charge on any atom is -0.217 e. The molecule has 5 heteroatoms. The number of hydrogen-bond acceptors (Lipinski definition) is 4. The van der Waals surface area contributed by atoms with Crippen molar-refractivity contribution in [3.8, 4) is 0 Å². The molecular weight excluding hydrogens is 256 g/mol. The first kappa shape index (κ1) is 12.7. The predicted molar refractivity (Wildman–Crippen MR) is 76.2 cm³/mol. The SMILES string of the molecule is CC(CCc1ccccc1)Sc1nnnn1C1CC1. The Kier molecular flexibility index (Phi) is 3.82. The van der Waals surface area contributed by atoms with Crippen LogP contribution in [0, 0.1) is 0 Å². The number of benzene rings is 1. The van der Waals surface area contributed by atoms with Crippen LogP contribution in [0.2, 0.25) is 0 Å². The third kappa shape index (κ3) is 3.35. The highest BCUT2D eigenvalue weighted by Gasteiger charge is 2.28. The molecule has 0 radical (unpaired) electrons. The molecule has 1 aromatic carbocycles. The molecule has 1 atom stereocenters. The minimum absolute atomic E-state index is 0.531. The van der Waals surface area contributed by atoms with Crippen molar-refractivity contribution < 1.29 is 0 Å². The lowest BCUT2D eigenvalue weighted by atomic mass is 10.1. The Bertz CT molecular complexity index is 521. The van der Waals surface area contributed by atoms with Crippen LogP contribution < -0.4 is 0 Å². The van der Waals surface area contributed by atoms with Crippen LogP contribution in [0.5, 0.6) is 0 Å². The molecule has 1 aliphatic rings. The van der Waals surface area contributed by atoms with Gasteiger partial charge in [0.25, 0.3) is 0 Å². The Morgan fingerprint density at radius 1 is 1.32 bits per heavy atom. The van der Waals surface area contributed by atoms with Crippen LogP contribution in [0.3, 0.4) is 0 Å². The van der Waals surface area contributed by atoms with E-state index in [9.17, 15) is 0 Å². The molecule has 0 bridgehead atoms. The van der Waals surface area contributed by atoms with Crippen LogP contribution in [0.4, 0.5) is 0 Å². The van der Waals surface area contributed by atoms with Gasteiger partial charge in [-0.05, 0) is 41.7 Å². The molecule has 3 rings (SSSR count). The number of tetrazole rings is 1. The van der Waals surface area contributed by atoms with Crippen molar-refractivity contribution in [2.45, 2.75) is 49.1 Å². The van der Waals surface area contributed by atoms with Gasteiger partial charge in [-0.15, -0.1) is 5.10 Å². The Morgan fingerprint density at radius 3 is 2.84 bits per heavy atom. The predicted octanol–water partition coefficient (Wildman–Crippen LogP) is 3.12. The van der Waals surface area contributed by atoms with E-state index in [1.165, 1.54) is 18.4 Å². The number of aromatic nitrogens is 4. The van der Waals surface area contributed by atoms with Crippen molar-refractivity contribution in [2.75, 3.05) is 0 Å². The second kappa shape index (κ2) is 5.74. The molecule has 0 aliphatic heterocycles. The monoisotopic (exact) mass is 274 g/mol. The largest absolute Gasteiger partial charge is 0.217 e. The highest BCUT2D eigenvalue weighted by molar-refractivity contribution is 7.99. The molecule has 1 unspecified atom stereocenters. The first-order chi connectivity index (χ1) is 9.33. The summed E-state index contributed by atoms with van der Waals surface area (Å²) in [5.74, 6) is 0. The zero-order valence-electron chi connectivity index (χ0n) is 11.1. The number of thioether (sulfide) groups is 1. The average molecular weight is 274 g/mol. The molecule has 1 fully saturated rings. The van der Waals surface area contributed by atoms with Crippen LogP contribution in [0.25, 0.3) is 0 Å². The zero-order chi connectivity index (χ0) is 13.1. The molecule has 0 amide bonds. The van der Waals surface area contributed by atoms with E-state index in [-0.39, 0.29) is 0 Å². The molecule has 0 spiro atoms. The van der Waals surface area contributed by atoms with Gasteiger partial charge in [-0.3, -0.25) is 0 Å². The van der Waals surface area contributed by atoms with Gasteiger partial charge in [0, 0.05) is 5.25 Å².